The third kappa shape index (κ3) is 3.58. The van der Waals surface area contributed by atoms with Crippen molar-refractivity contribution in [3.63, 3.8) is 0 Å². The van der Waals surface area contributed by atoms with E-state index in [2.05, 4.69) is 0 Å². The lowest BCUT2D eigenvalue weighted by atomic mass is 9.96. The van der Waals surface area contributed by atoms with Gasteiger partial charge in [-0.05, 0) is 56.9 Å². The summed E-state index contributed by atoms with van der Waals surface area (Å²) in [4.78, 5) is 25.8. The van der Waals surface area contributed by atoms with E-state index >= 15 is 0 Å². The second-order valence-electron chi connectivity index (χ2n) is 7.79. The fourth-order valence-electron chi connectivity index (χ4n) is 3.81. The third-order valence-corrected chi connectivity index (χ3v) is 5.78. The molecule has 1 saturated carbocycles. The van der Waals surface area contributed by atoms with Crippen LogP contribution in [0.4, 0.5) is 4.39 Å². The lowest BCUT2D eigenvalue weighted by Crippen LogP contribution is -2.26. The van der Waals surface area contributed by atoms with Crippen LogP contribution >= 0.6 is 0 Å². The fraction of sp³-hybridized carbons (Fsp3) is 0.333. The van der Waals surface area contributed by atoms with E-state index in [0.29, 0.717) is 27.7 Å². The minimum absolute atomic E-state index is 0.0157. The average molecular weight is 409 g/mol. The highest BCUT2D eigenvalue weighted by molar-refractivity contribution is 6.05. The number of carbonyl (C=O) groups excluding carboxylic acids is 2. The van der Waals surface area contributed by atoms with Crippen LogP contribution in [0, 0.1) is 19.7 Å². The predicted octanol–water partition coefficient (Wildman–Crippen LogP) is 4.73. The molecule has 1 aliphatic rings. The Labute approximate surface area is 174 Å². The van der Waals surface area contributed by atoms with E-state index < -0.39 is 5.82 Å². The number of hydrogen-bond donors (Lipinski definition) is 0. The van der Waals surface area contributed by atoms with Crippen molar-refractivity contribution in [2.75, 3.05) is 7.11 Å². The molecule has 156 valence electrons. The summed E-state index contributed by atoms with van der Waals surface area (Å²) in [7, 11) is 1.39. The Kier molecular flexibility index (Phi) is 5.33. The summed E-state index contributed by atoms with van der Waals surface area (Å²) in [5, 5.41) is 0.608. The van der Waals surface area contributed by atoms with Gasteiger partial charge in [-0.25, -0.2) is 4.39 Å². The fourth-order valence-corrected chi connectivity index (χ4v) is 3.81. The smallest absolute Gasteiger partial charge is 0.310 e. The number of ether oxygens (including phenoxy) is 2. The summed E-state index contributed by atoms with van der Waals surface area (Å²) in [5.74, 6) is -1.12. The second kappa shape index (κ2) is 7.94. The van der Waals surface area contributed by atoms with Gasteiger partial charge in [-0.15, -0.1) is 0 Å². The Morgan fingerprint density at radius 1 is 1.13 bits per heavy atom. The molecular weight excluding hydrogens is 385 g/mol. The van der Waals surface area contributed by atoms with Crippen molar-refractivity contribution in [3.05, 3.63) is 64.6 Å². The molecule has 0 atom stereocenters. The van der Waals surface area contributed by atoms with Gasteiger partial charge in [0.1, 0.15) is 6.10 Å². The molecule has 6 heteroatoms. The van der Waals surface area contributed by atoms with E-state index in [-0.39, 0.29) is 30.2 Å². The van der Waals surface area contributed by atoms with Gasteiger partial charge in [0, 0.05) is 22.7 Å². The van der Waals surface area contributed by atoms with Crippen LogP contribution in [-0.2, 0) is 16.0 Å². The monoisotopic (exact) mass is 409 g/mol. The lowest BCUT2D eigenvalue weighted by Gasteiger charge is -2.25. The maximum Gasteiger partial charge on any atom is 0.310 e. The second-order valence-corrected chi connectivity index (χ2v) is 7.79. The number of hydrogen-bond acceptors (Lipinski definition) is 4. The summed E-state index contributed by atoms with van der Waals surface area (Å²) in [6.45, 7) is 3.71. The highest BCUT2D eigenvalue weighted by atomic mass is 19.1. The van der Waals surface area contributed by atoms with Crippen molar-refractivity contribution < 1.29 is 23.5 Å². The zero-order chi connectivity index (χ0) is 21.4. The van der Waals surface area contributed by atoms with Crippen LogP contribution in [0.1, 0.15) is 46.4 Å². The van der Waals surface area contributed by atoms with Gasteiger partial charge in [-0.3, -0.25) is 14.2 Å². The molecule has 0 saturated heterocycles. The number of rotatable bonds is 5. The molecule has 2 aromatic carbocycles. The zero-order valence-corrected chi connectivity index (χ0v) is 17.3. The summed E-state index contributed by atoms with van der Waals surface area (Å²) < 4.78 is 26.6. The van der Waals surface area contributed by atoms with Crippen LogP contribution in [0.15, 0.2) is 36.4 Å². The van der Waals surface area contributed by atoms with E-state index in [4.69, 9.17) is 9.47 Å². The minimum atomic E-state index is -0.566. The van der Waals surface area contributed by atoms with Gasteiger partial charge in [-0.2, -0.15) is 0 Å². The molecule has 0 amide bonds. The number of halogens is 1. The molecule has 4 rings (SSSR count). The van der Waals surface area contributed by atoms with Crippen molar-refractivity contribution >= 4 is 22.8 Å². The van der Waals surface area contributed by atoms with Gasteiger partial charge in [-0.1, -0.05) is 17.7 Å². The van der Waals surface area contributed by atoms with Crippen molar-refractivity contribution in [1.82, 2.24) is 4.57 Å². The van der Waals surface area contributed by atoms with Crippen LogP contribution in [-0.4, -0.2) is 29.7 Å². The summed E-state index contributed by atoms with van der Waals surface area (Å²) in [5.41, 5.74) is 3.17. The molecule has 0 bridgehead atoms. The Morgan fingerprint density at radius 3 is 2.43 bits per heavy atom. The van der Waals surface area contributed by atoms with Gasteiger partial charge < -0.3 is 9.47 Å². The van der Waals surface area contributed by atoms with Gasteiger partial charge in [0.25, 0.3) is 5.91 Å². The topological polar surface area (TPSA) is 57.5 Å². The first-order chi connectivity index (χ1) is 14.4. The molecule has 1 heterocycles. The third-order valence-electron chi connectivity index (χ3n) is 5.78. The van der Waals surface area contributed by atoms with E-state index in [1.54, 1.807) is 25.1 Å². The number of carbonyl (C=O) groups is 2. The van der Waals surface area contributed by atoms with Crippen LogP contribution in [0.5, 0.6) is 5.75 Å². The number of esters is 1. The molecule has 1 aromatic heterocycles. The molecule has 0 radical (unpaired) electrons. The predicted molar refractivity (Wildman–Crippen MR) is 112 cm³/mol. The Morgan fingerprint density at radius 2 is 1.83 bits per heavy atom. The minimum Gasteiger partial charge on any atom is -0.494 e. The number of benzene rings is 2. The van der Waals surface area contributed by atoms with Crippen LogP contribution in [0.3, 0.4) is 0 Å². The Hall–Kier alpha value is -3.15. The van der Waals surface area contributed by atoms with E-state index in [1.807, 2.05) is 19.1 Å². The SMILES string of the molecule is COc1cc2c(CC(=O)OC3CCC3)c(C)n(C(=O)c3ccc(C)cc3)c2cc1F. The first kappa shape index (κ1) is 20.1. The van der Waals surface area contributed by atoms with E-state index in [0.717, 1.165) is 24.8 Å². The largest absolute Gasteiger partial charge is 0.494 e. The van der Waals surface area contributed by atoms with Gasteiger partial charge >= 0.3 is 5.97 Å². The van der Waals surface area contributed by atoms with Crippen molar-refractivity contribution in [3.8, 4) is 5.75 Å². The maximum absolute atomic E-state index is 14.5. The zero-order valence-electron chi connectivity index (χ0n) is 17.3. The van der Waals surface area contributed by atoms with Crippen molar-refractivity contribution in [2.45, 2.75) is 45.6 Å². The van der Waals surface area contributed by atoms with Crippen LogP contribution in [0.2, 0.25) is 0 Å². The summed E-state index contributed by atoms with van der Waals surface area (Å²) in [6.07, 6.45) is 2.83. The van der Waals surface area contributed by atoms with Crippen molar-refractivity contribution in [1.29, 1.82) is 0 Å². The van der Waals surface area contributed by atoms with E-state index in [1.165, 1.54) is 17.7 Å². The van der Waals surface area contributed by atoms with Crippen molar-refractivity contribution in [2.24, 2.45) is 0 Å². The number of methoxy groups -OCH3 is 1. The normalized spacial score (nSPS) is 13.9. The van der Waals surface area contributed by atoms with Gasteiger partial charge in [0.2, 0.25) is 0 Å². The average Bonchev–Trinajstić information content (AvgIpc) is 2.94. The molecule has 0 spiro atoms. The highest BCUT2D eigenvalue weighted by Crippen LogP contribution is 2.33. The first-order valence-corrected chi connectivity index (χ1v) is 10.1. The first-order valence-electron chi connectivity index (χ1n) is 10.1. The number of aryl methyl sites for hydroxylation is 1. The molecule has 1 fully saturated rings. The van der Waals surface area contributed by atoms with Gasteiger partial charge in [0.15, 0.2) is 11.6 Å². The Balaban J connectivity index is 1.81. The van der Waals surface area contributed by atoms with Crippen LogP contribution in [0.25, 0.3) is 10.9 Å². The molecule has 1 aliphatic carbocycles. The maximum atomic E-state index is 14.5. The molecule has 3 aromatic rings. The number of nitrogens with zero attached hydrogens (tertiary/aromatic N) is 1. The Bertz CT molecular complexity index is 1130. The molecule has 30 heavy (non-hydrogen) atoms. The molecule has 5 nitrogen and oxygen atoms in total. The summed E-state index contributed by atoms with van der Waals surface area (Å²) >= 11 is 0. The lowest BCUT2D eigenvalue weighted by molar-refractivity contribution is -0.152. The molecule has 0 N–H and O–H groups in total. The number of aromatic nitrogens is 1. The highest BCUT2D eigenvalue weighted by Gasteiger charge is 2.26. The van der Waals surface area contributed by atoms with Gasteiger partial charge in [0.05, 0.1) is 19.0 Å². The van der Waals surface area contributed by atoms with Crippen LogP contribution < -0.4 is 4.74 Å². The molecular formula is C24H24FNO4. The summed E-state index contributed by atoms with van der Waals surface area (Å²) in [6, 6.07) is 10.0. The molecule has 0 unspecified atom stereocenters. The quantitative estimate of drug-likeness (QED) is 0.572. The number of fused-ring (bicyclic) bond motifs is 1. The standard InChI is InChI=1S/C24H24FNO4/c1-14-7-9-16(10-8-14)24(28)26-15(2)18(12-23(27)30-17-5-4-6-17)19-11-22(29-3)20(25)13-21(19)26/h7-11,13,17H,4-6,12H2,1-3H3. The molecule has 0 aliphatic heterocycles. The van der Waals surface area contributed by atoms with E-state index in [9.17, 15) is 14.0 Å².